The number of para-hydroxylation sites is 2. The monoisotopic (exact) mass is 713 g/mol. The lowest BCUT2D eigenvalue weighted by molar-refractivity contribution is -0.156. The molecular formula is C37H39F4N3O7. The van der Waals surface area contributed by atoms with Gasteiger partial charge in [-0.05, 0) is 55.9 Å². The lowest BCUT2D eigenvalue weighted by atomic mass is 9.86. The molecule has 272 valence electrons. The number of ether oxygens (including phenoxy) is 2. The molecule has 0 fully saturated rings. The molecule has 0 aliphatic carbocycles. The van der Waals surface area contributed by atoms with Crippen LogP contribution in [0.4, 0.5) is 28.9 Å². The number of ketones is 1. The molecule has 1 aliphatic rings. The standard InChI is InChI=1S/C37H39F4N3O7/c1-36(2,3)22-12-8-9-13-25(22)42-34(48)35(49)44-18-21(15-20-11-7-10-14-27(20)44)33(47)43-26(17-29(46)51-37(4,5)6)28(45)19-50-32-30(40)23(38)16-24(39)31(32)41/h7-14,16,21,26H,15,17-19H2,1-6H3,(H,42,48)(H,43,47)/t21-,26+/m1/s1. The molecule has 3 amide bonds. The smallest absolute Gasteiger partial charge is 0.316 e. The summed E-state index contributed by atoms with van der Waals surface area (Å²) in [7, 11) is 0. The molecule has 0 saturated heterocycles. The highest BCUT2D eigenvalue weighted by Crippen LogP contribution is 2.32. The molecule has 0 radical (unpaired) electrons. The van der Waals surface area contributed by atoms with Crippen LogP contribution in [0.1, 0.15) is 59.1 Å². The van der Waals surface area contributed by atoms with Gasteiger partial charge in [0.25, 0.3) is 0 Å². The van der Waals surface area contributed by atoms with E-state index in [0.29, 0.717) is 16.9 Å². The molecule has 1 aliphatic heterocycles. The summed E-state index contributed by atoms with van der Waals surface area (Å²) in [5, 5.41) is 5.11. The topological polar surface area (TPSA) is 131 Å². The van der Waals surface area contributed by atoms with Crippen molar-refractivity contribution in [3.05, 3.63) is 89.0 Å². The Balaban J connectivity index is 1.56. The zero-order valence-corrected chi connectivity index (χ0v) is 29.0. The van der Waals surface area contributed by atoms with E-state index in [-0.39, 0.29) is 24.4 Å². The third-order valence-corrected chi connectivity index (χ3v) is 7.87. The highest BCUT2D eigenvalue weighted by molar-refractivity contribution is 6.44. The molecule has 0 unspecified atom stereocenters. The number of carbonyl (C=O) groups excluding carboxylic acids is 5. The molecule has 0 spiro atoms. The van der Waals surface area contributed by atoms with Crippen molar-refractivity contribution in [1.29, 1.82) is 0 Å². The van der Waals surface area contributed by atoms with Crippen LogP contribution in [-0.2, 0) is 40.5 Å². The van der Waals surface area contributed by atoms with E-state index in [1.165, 1.54) is 0 Å². The Labute approximate surface area is 292 Å². The largest absolute Gasteiger partial charge is 0.479 e. The van der Waals surface area contributed by atoms with Crippen LogP contribution in [-0.4, -0.2) is 54.3 Å². The van der Waals surface area contributed by atoms with Crippen LogP contribution < -0.4 is 20.3 Å². The van der Waals surface area contributed by atoms with Crippen LogP contribution in [0.2, 0.25) is 0 Å². The summed E-state index contributed by atoms with van der Waals surface area (Å²) >= 11 is 0. The number of amides is 3. The lowest BCUT2D eigenvalue weighted by Crippen LogP contribution is -2.52. The number of Topliss-reactive ketones (excluding diaryl/α,β-unsaturated/α-hetero) is 1. The fraction of sp³-hybridized carbons (Fsp3) is 0.378. The van der Waals surface area contributed by atoms with E-state index < -0.39 is 89.1 Å². The summed E-state index contributed by atoms with van der Waals surface area (Å²) in [6.07, 6.45) is -0.668. The normalized spacial score (nSPS) is 14.9. The Morgan fingerprint density at radius 3 is 2.12 bits per heavy atom. The summed E-state index contributed by atoms with van der Waals surface area (Å²) in [5.74, 6) is -14.6. The first-order valence-electron chi connectivity index (χ1n) is 16.1. The predicted molar refractivity (Wildman–Crippen MR) is 179 cm³/mol. The first-order valence-corrected chi connectivity index (χ1v) is 16.1. The lowest BCUT2D eigenvalue weighted by Gasteiger charge is -2.34. The van der Waals surface area contributed by atoms with E-state index in [1.807, 2.05) is 32.9 Å². The molecule has 14 heteroatoms. The van der Waals surface area contributed by atoms with Crippen LogP contribution in [0.5, 0.6) is 5.75 Å². The number of benzene rings is 3. The van der Waals surface area contributed by atoms with Crippen LogP contribution in [0.15, 0.2) is 54.6 Å². The zero-order valence-electron chi connectivity index (χ0n) is 29.0. The van der Waals surface area contributed by atoms with Gasteiger partial charge in [-0.25, -0.2) is 8.78 Å². The van der Waals surface area contributed by atoms with Crippen molar-refractivity contribution in [3.63, 3.8) is 0 Å². The Bertz CT molecular complexity index is 1830. The third-order valence-electron chi connectivity index (χ3n) is 7.87. The van der Waals surface area contributed by atoms with E-state index in [4.69, 9.17) is 9.47 Å². The molecule has 4 rings (SSSR count). The summed E-state index contributed by atoms with van der Waals surface area (Å²) in [5.41, 5.74) is 0.819. The molecule has 2 atom stereocenters. The maximum Gasteiger partial charge on any atom is 0.316 e. The fourth-order valence-electron chi connectivity index (χ4n) is 5.51. The number of anilines is 2. The van der Waals surface area contributed by atoms with Gasteiger partial charge in [0.15, 0.2) is 23.2 Å². The zero-order chi connectivity index (χ0) is 37.8. The minimum absolute atomic E-state index is 0.0321. The average molecular weight is 714 g/mol. The van der Waals surface area contributed by atoms with Crippen LogP contribution in [0.3, 0.4) is 0 Å². The van der Waals surface area contributed by atoms with Crippen molar-refractivity contribution in [2.24, 2.45) is 5.92 Å². The molecule has 0 aromatic heterocycles. The highest BCUT2D eigenvalue weighted by Gasteiger charge is 2.37. The number of nitrogens with zero attached hydrogens (tertiary/aromatic N) is 1. The molecule has 3 aromatic rings. The number of esters is 1. The van der Waals surface area contributed by atoms with Crippen LogP contribution >= 0.6 is 0 Å². The van der Waals surface area contributed by atoms with Gasteiger partial charge in [0.1, 0.15) is 18.2 Å². The predicted octanol–water partition coefficient (Wildman–Crippen LogP) is 5.55. The van der Waals surface area contributed by atoms with Gasteiger partial charge in [-0.2, -0.15) is 8.78 Å². The second-order valence-electron chi connectivity index (χ2n) is 14.1. The van der Waals surface area contributed by atoms with Crippen molar-refractivity contribution >= 4 is 40.8 Å². The Morgan fingerprint density at radius 1 is 0.882 bits per heavy atom. The van der Waals surface area contributed by atoms with Gasteiger partial charge in [-0.1, -0.05) is 57.2 Å². The number of fused-ring (bicyclic) bond motifs is 1. The SMILES string of the molecule is CC(C)(C)OC(=O)C[C@H](NC(=O)[C@@H]1Cc2ccccc2N(C(=O)C(=O)Nc2ccccc2C(C)(C)C)C1)C(=O)COc1c(F)c(F)cc(F)c1F. The molecule has 0 saturated carbocycles. The van der Waals surface area contributed by atoms with Gasteiger partial charge in [0.05, 0.1) is 12.3 Å². The molecule has 2 N–H and O–H groups in total. The average Bonchev–Trinajstić information content (AvgIpc) is 3.05. The van der Waals surface area contributed by atoms with Gasteiger partial charge in [-0.15, -0.1) is 0 Å². The van der Waals surface area contributed by atoms with E-state index >= 15 is 0 Å². The molecule has 10 nitrogen and oxygen atoms in total. The van der Waals surface area contributed by atoms with Gasteiger partial charge in [0.2, 0.25) is 17.5 Å². The maximum atomic E-state index is 14.2. The third kappa shape index (κ3) is 9.50. The molecule has 51 heavy (non-hydrogen) atoms. The van der Waals surface area contributed by atoms with E-state index in [2.05, 4.69) is 10.6 Å². The Kier molecular flexibility index (Phi) is 11.6. The highest BCUT2D eigenvalue weighted by atomic mass is 19.2. The van der Waals surface area contributed by atoms with E-state index in [0.717, 1.165) is 10.5 Å². The van der Waals surface area contributed by atoms with Gasteiger partial charge in [-0.3, -0.25) is 24.0 Å². The number of hydrogen-bond donors (Lipinski definition) is 2. The van der Waals surface area contributed by atoms with Crippen molar-refractivity contribution in [2.75, 3.05) is 23.4 Å². The van der Waals surface area contributed by atoms with Crippen LogP contribution in [0, 0.1) is 29.2 Å². The van der Waals surface area contributed by atoms with E-state index in [1.54, 1.807) is 57.2 Å². The van der Waals surface area contributed by atoms with Crippen molar-refractivity contribution in [3.8, 4) is 5.75 Å². The molecule has 0 bridgehead atoms. The Morgan fingerprint density at radius 2 is 1.49 bits per heavy atom. The van der Waals surface area contributed by atoms with E-state index in [9.17, 15) is 41.5 Å². The number of carbonyl (C=O) groups is 5. The number of rotatable bonds is 9. The Hall–Kier alpha value is -5.27. The minimum atomic E-state index is -1.88. The maximum absolute atomic E-state index is 14.2. The number of nitrogens with one attached hydrogen (secondary N) is 2. The quantitative estimate of drug-likeness (QED) is 0.129. The summed E-state index contributed by atoms with van der Waals surface area (Å²) in [4.78, 5) is 67.9. The van der Waals surface area contributed by atoms with Gasteiger partial charge >= 0.3 is 17.8 Å². The summed E-state index contributed by atoms with van der Waals surface area (Å²) < 4.78 is 65.9. The van der Waals surface area contributed by atoms with Crippen molar-refractivity contribution in [1.82, 2.24) is 5.32 Å². The van der Waals surface area contributed by atoms with Crippen molar-refractivity contribution < 1.29 is 51.0 Å². The first-order chi connectivity index (χ1) is 23.8. The van der Waals surface area contributed by atoms with Crippen LogP contribution in [0.25, 0.3) is 0 Å². The first kappa shape index (κ1) is 38.5. The molecule has 1 heterocycles. The molecule has 3 aromatic carbocycles. The van der Waals surface area contributed by atoms with Crippen molar-refractivity contribution in [2.45, 2.75) is 71.4 Å². The van der Waals surface area contributed by atoms with Gasteiger partial charge < -0.3 is 25.0 Å². The number of hydrogen-bond acceptors (Lipinski definition) is 7. The summed E-state index contributed by atoms with van der Waals surface area (Å²) in [6, 6.07) is 12.0. The number of halogens is 4. The summed E-state index contributed by atoms with van der Waals surface area (Å²) in [6.45, 7) is 9.07. The second kappa shape index (κ2) is 15.3. The fourth-order valence-corrected chi connectivity index (χ4v) is 5.51. The second-order valence-corrected chi connectivity index (χ2v) is 14.1. The van der Waals surface area contributed by atoms with Gasteiger partial charge in [0, 0.05) is 24.0 Å². The minimum Gasteiger partial charge on any atom is -0.479 e. The molecular weight excluding hydrogens is 674 g/mol.